The third-order valence-corrected chi connectivity index (χ3v) is 7.19. The van der Waals surface area contributed by atoms with E-state index in [1.54, 1.807) is 0 Å². The summed E-state index contributed by atoms with van der Waals surface area (Å²) in [6, 6.07) is 13.0. The van der Waals surface area contributed by atoms with Crippen molar-refractivity contribution in [1.29, 1.82) is 0 Å². The number of fused-ring (bicyclic) bond motifs is 1. The Morgan fingerprint density at radius 3 is 2.62 bits per heavy atom. The lowest BCUT2D eigenvalue weighted by atomic mass is 10.0. The van der Waals surface area contributed by atoms with E-state index in [4.69, 9.17) is 14.2 Å². The standard InChI is InChI=1S/C31H43N3O6/c1-31(2)39-22-25-19-24(14-15-28(25)40-31)27(35)20-32-16-8-3-4-9-17-38-18-10-7-12-23-11-5-6-13-26(23)34-29(36)21-33-30(34)37/h5-6,11,13-15,19,27,32,35H,3-4,7-10,12,16-18,20-22H2,1-2H3,(H,33,37)/t27-/m1/s1. The molecule has 218 valence electrons. The number of benzene rings is 2. The van der Waals surface area contributed by atoms with E-state index in [0.717, 1.165) is 80.5 Å². The van der Waals surface area contributed by atoms with Gasteiger partial charge in [0.2, 0.25) is 5.79 Å². The van der Waals surface area contributed by atoms with Crippen LogP contribution in [-0.4, -0.2) is 55.7 Å². The molecule has 40 heavy (non-hydrogen) atoms. The van der Waals surface area contributed by atoms with E-state index in [1.165, 1.54) is 4.90 Å². The summed E-state index contributed by atoms with van der Waals surface area (Å²) in [6.07, 6.45) is 6.43. The number of imide groups is 1. The van der Waals surface area contributed by atoms with Gasteiger partial charge in [0.25, 0.3) is 5.91 Å². The minimum atomic E-state index is -0.617. The number of aliphatic hydroxyl groups excluding tert-OH is 1. The van der Waals surface area contributed by atoms with Gasteiger partial charge in [0.15, 0.2) is 0 Å². The number of nitrogens with one attached hydrogen (secondary N) is 2. The average Bonchev–Trinajstić information content (AvgIpc) is 3.27. The molecule has 1 saturated heterocycles. The minimum Gasteiger partial charge on any atom is -0.463 e. The third-order valence-electron chi connectivity index (χ3n) is 7.19. The van der Waals surface area contributed by atoms with Crippen LogP contribution in [0.25, 0.3) is 0 Å². The van der Waals surface area contributed by atoms with E-state index in [9.17, 15) is 14.7 Å². The fourth-order valence-electron chi connectivity index (χ4n) is 4.96. The molecule has 9 nitrogen and oxygen atoms in total. The second kappa shape index (κ2) is 14.6. The van der Waals surface area contributed by atoms with Crippen molar-refractivity contribution >= 4 is 17.6 Å². The van der Waals surface area contributed by atoms with Gasteiger partial charge in [0, 0.05) is 39.2 Å². The van der Waals surface area contributed by atoms with Crippen molar-refractivity contribution in [3.8, 4) is 5.75 Å². The Morgan fingerprint density at radius 2 is 1.82 bits per heavy atom. The molecule has 0 saturated carbocycles. The van der Waals surface area contributed by atoms with E-state index >= 15 is 0 Å². The van der Waals surface area contributed by atoms with Crippen molar-refractivity contribution in [3.63, 3.8) is 0 Å². The number of anilines is 1. The van der Waals surface area contributed by atoms with Crippen LogP contribution in [0.15, 0.2) is 42.5 Å². The summed E-state index contributed by atoms with van der Waals surface area (Å²) in [7, 11) is 0. The predicted molar refractivity (Wildman–Crippen MR) is 153 cm³/mol. The molecule has 0 bridgehead atoms. The quantitative estimate of drug-likeness (QED) is 0.206. The topological polar surface area (TPSA) is 109 Å². The first kappa shape index (κ1) is 30.0. The van der Waals surface area contributed by atoms with E-state index in [2.05, 4.69) is 10.6 Å². The molecule has 2 aliphatic heterocycles. The Balaban J connectivity index is 0.997. The lowest BCUT2D eigenvalue weighted by Crippen LogP contribution is -2.35. The van der Waals surface area contributed by atoms with Crippen LogP contribution in [0, 0.1) is 0 Å². The van der Waals surface area contributed by atoms with E-state index in [-0.39, 0.29) is 18.5 Å². The lowest BCUT2D eigenvalue weighted by Gasteiger charge is -2.33. The molecule has 0 radical (unpaired) electrons. The number of ether oxygens (including phenoxy) is 3. The molecule has 9 heteroatoms. The van der Waals surface area contributed by atoms with Crippen LogP contribution in [0.1, 0.15) is 75.2 Å². The Morgan fingerprint density at radius 1 is 1.05 bits per heavy atom. The second-order valence-electron chi connectivity index (χ2n) is 10.9. The van der Waals surface area contributed by atoms with E-state index in [0.29, 0.717) is 25.4 Å². The summed E-state index contributed by atoms with van der Waals surface area (Å²) in [6.45, 7) is 7.18. The highest BCUT2D eigenvalue weighted by Crippen LogP contribution is 2.33. The third kappa shape index (κ3) is 8.51. The van der Waals surface area contributed by atoms with Crippen LogP contribution in [0.3, 0.4) is 0 Å². The first-order valence-electron chi connectivity index (χ1n) is 14.4. The SMILES string of the molecule is CC1(C)OCc2cc([C@H](O)CNCCCCCCOCCCCc3ccccc3N3C(=O)CNC3=O)ccc2O1. The fraction of sp³-hybridized carbons (Fsp3) is 0.548. The number of para-hydroxylation sites is 1. The first-order chi connectivity index (χ1) is 19.3. The number of urea groups is 1. The smallest absolute Gasteiger partial charge is 0.329 e. The van der Waals surface area contributed by atoms with Crippen LogP contribution in [0.4, 0.5) is 10.5 Å². The van der Waals surface area contributed by atoms with Gasteiger partial charge >= 0.3 is 6.03 Å². The summed E-state index contributed by atoms with van der Waals surface area (Å²) in [5.74, 6) is -0.0116. The van der Waals surface area contributed by atoms with Crippen LogP contribution >= 0.6 is 0 Å². The van der Waals surface area contributed by atoms with Crippen LogP contribution in [-0.2, 0) is 27.3 Å². The highest BCUT2D eigenvalue weighted by Gasteiger charge is 2.31. The number of hydrogen-bond donors (Lipinski definition) is 3. The summed E-state index contributed by atoms with van der Waals surface area (Å²) < 4.78 is 17.3. The number of unbranched alkanes of at least 4 members (excludes halogenated alkanes) is 4. The van der Waals surface area contributed by atoms with Crippen molar-refractivity contribution < 1.29 is 28.9 Å². The molecule has 2 heterocycles. The number of rotatable bonds is 16. The molecule has 4 rings (SSSR count). The number of amides is 3. The minimum absolute atomic E-state index is 0.0577. The number of aryl methyl sites for hydroxylation is 1. The molecule has 2 aromatic carbocycles. The Kier molecular flexibility index (Phi) is 10.9. The molecule has 2 aliphatic rings. The number of hydrogen-bond acceptors (Lipinski definition) is 7. The number of carbonyl (C=O) groups excluding carboxylic acids is 2. The highest BCUT2D eigenvalue weighted by molar-refractivity contribution is 6.20. The zero-order valence-corrected chi connectivity index (χ0v) is 23.7. The zero-order valence-electron chi connectivity index (χ0n) is 23.7. The summed E-state index contributed by atoms with van der Waals surface area (Å²) >= 11 is 0. The van der Waals surface area contributed by atoms with Gasteiger partial charge in [-0.25, -0.2) is 9.69 Å². The van der Waals surface area contributed by atoms with Crippen LogP contribution in [0.2, 0.25) is 0 Å². The predicted octanol–water partition coefficient (Wildman–Crippen LogP) is 4.61. The molecule has 3 amide bonds. The molecule has 2 aromatic rings. The van der Waals surface area contributed by atoms with Gasteiger partial charge in [-0.05, 0) is 68.0 Å². The molecular formula is C31H43N3O6. The van der Waals surface area contributed by atoms with Crippen molar-refractivity contribution in [2.75, 3.05) is 37.7 Å². The summed E-state index contributed by atoms with van der Waals surface area (Å²) in [5, 5.41) is 16.5. The molecule has 1 fully saturated rings. The Labute approximate surface area is 237 Å². The van der Waals surface area contributed by atoms with E-state index < -0.39 is 11.9 Å². The molecule has 0 spiro atoms. The summed E-state index contributed by atoms with van der Waals surface area (Å²) in [4.78, 5) is 25.3. The molecular weight excluding hydrogens is 510 g/mol. The maximum absolute atomic E-state index is 12.0. The average molecular weight is 554 g/mol. The van der Waals surface area contributed by atoms with Crippen molar-refractivity contribution in [1.82, 2.24) is 10.6 Å². The molecule has 1 atom stereocenters. The monoisotopic (exact) mass is 553 g/mol. The van der Waals surface area contributed by atoms with Crippen molar-refractivity contribution in [2.24, 2.45) is 0 Å². The fourth-order valence-corrected chi connectivity index (χ4v) is 4.96. The number of aliphatic hydroxyl groups is 1. The van der Waals surface area contributed by atoms with Gasteiger partial charge in [-0.2, -0.15) is 0 Å². The largest absolute Gasteiger partial charge is 0.463 e. The molecule has 0 aliphatic carbocycles. The maximum Gasteiger partial charge on any atom is 0.329 e. The lowest BCUT2D eigenvalue weighted by molar-refractivity contribution is -0.180. The van der Waals surface area contributed by atoms with Crippen LogP contribution < -0.4 is 20.3 Å². The van der Waals surface area contributed by atoms with Crippen LogP contribution in [0.5, 0.6) is 5.75 Å². The summed E-state index contributed by atoms with van der Waals surface area (Å²) in [5.41, 5.74) is 3.52. The maximum atomic E-state index is 12.0. The second-order valence-corrected chi connectivity index (χ2v) is 10.9. The van der Waals surface area contributed by atoms with Gasteiger partial charge in [-0.15, -0.1) is 0 Å². The Bertz CT molecular complexity index is 1120. The molecule has 0 unspecified atom stereocenters. The highest BCUT2D eigenvalue weighted by atomic mass is 16.7. The zero-order chi connectivity index (χ0) is 28.4. The van der Waals surface area contributed by atoms with Gasteiger partial charge in [-0.1, -0.05) is 37.1 Å². The molecule has 0 aromatic heterocycles. The first-order valence-corrected chi connectivity index (χ1v) is 14.4. The number of nitrogens with zero attached hydrogens (tertiary/aromatic N) is 1. The van der Waals surface area contributed by atoms with E-state index in [1.807, 2.05) is 56.3 Å². The Hall–Kier alpha value is -2.98. The van der Waals surface area contributed by atoms with Crippen molar-refractivity contribution in [3.05, 3.63) is 59.2 Å². The van der Waals surface area contributed by atoms with Gasteiger partial charge < -0.3 is 30.0 Å². The normalized spacial score (nSPS) is 16.9. The molecule has 3 N–H and O–H groups in total. The van der Waals surface area contributed by atoms with Gasteiger partial charge in [0.05, 0.1) is 24.9 Å². The van der Waals surface area contributed by atoms with Gasteiger partial charge in [0.1, 0.15) is 5.75 Å². The van der Waals surface area contributed by atoms with Gasteiger partial charge in [-0.3, -0.25) is 4.79 Å². The number of carbonyl (C=O) groups is 2. The van der Waals surface area contributed by atoms with Crippen molar-refractivity contribution in [2.45, 2.75) is 77.3 Å².